The van der Waals surface area contributed by atoms with E-state index >= 15 is 0 Å². The first-order valence-electron chi connectivity index (χ1n) is 6.97. The molecule has 0 heterocycles. The number of carbonyl (C=O) groups excluding carboxylic acids is 1. The van der Waals surface area contributed by atoms with Crippen LogP contribution in [-0.4, -0.2) is 5.78 Å². The lowest BCUT2D eigenvalue weighted by Gasteiger charge is -2.46. The molecule has 18 heavy (non-hydrogen) atoms. The van der Waals surface area contributed by atoms with E-state index in [2.05, 4.69) is 65.8 Å². The van der Waals surface area contributed by atoms with Gasteiger partial charge in [0.05, 0.1) is 0 Å². The second kappa shape index (κ2) is 3.59. The molecule has 1 nitrogen and oxygen atoms in total. The summed E-state index contributed by atoms with van der Waals surface area (Å²) >= 11 is 0. The monoisotopic (exact) mass is 246 g/mol. The van der Waals surface area contributed by atoms with E-state index in [-0.39, 0.29) is 21.7 Å². The molecule has 2 unspecified atom stereocenters. The molecule has 100 valence electrons. The minimum absolute atomic E-state index is 0.0359. The van der Waals surface area contributed by atoms with Crippen molar-refractivity contribution in [3.8, 4) is 0 Å². The zero-order valence-corrected chi connectivity index (χ0v) is 12.6. The van der Waals surface area contributed by atoms with Crippen LogP contribution in [0.1, 0.15) is 54.4 Å². The first-order valence-corrected chi connectivity index (χ1v) is 6.97. The summed E-state index contributed by atoms with van der Waals surface area (Å²) in [6, 6.07) is 0. The van der Waals surface area contributed by atoms with Crippen LogP contribution in [0.4, 0.5) is 0 Å². The number of hydrogen-bond donors (Lipinski definition) is 0. The summed E-state index contributed by atoms with van der Waals surface area (Å²) in [5.41, 5.74) is -0.590. The molecule has 1 heteroatoms. The van der Waals surface area contributed by atoms with E-state index in [1.54, 1.807) is 0 Å². The van der Waals surface area contributed by atoms with Crippen LogP contribution in [0, 0.1) is 21.7 Å². The molecule has 0 fully saturated rings. The molecule has 2 atom stereocenters. The van der Waals surface area contributed by atoms with Crippen LogP contribution in [0.25, 0.3) is 0 Å². The van der Waals surface area contributed by atoms with Gasteiger partial charge in [0.1, 0.15) is 5.78 Å². The van der Waals surface area contributed by atoms with Gasteiger partial charge in [0.15, 0.2) is 0 Å². The Bertz CT molecular complexity index is 399. The number of allylic oxidation sites excluding steroid dienone is 4. The molecule has 0 aromatic rings. The Kier molecular flexibility index (Phi) is 2.71. The van der Waals surface area contributed by atoms with E-state index in [1.807, 2.05) is 0 Å². The van der Waals surface area contributed by atoms with Crippen molar-refractivity contribution in [1.82, 2.24) is 0 Å². The maximum Gasteiger partial charge on any atom is 0.146 e. The average Bonchev–Trinajstić information content (AvgIpc) is 2.66. The Morgan fingerprint density at radius 1 is 0.778 bits per heavy atom. The predicted octanol–water partition coefficient (Wildman–Crippen LogP) is 4.54. The van der Waals surface area contributed by atoms with Crippen LogP contribution < -0.4 is 0 Å². The lowest BCUT2D eigenvalue weighted by molar-refractivity contribution is -0.146. The van der Waals surface area contributed by atoms with Gasteiger partial charge in [-0.15, -0.1) is 0 Å². The molecular weight excluding hydrogens is 220 g/mol. The highest BCUT2D eigenvalue weighted by molar-refractivity contribution is 5.93. The summed E-state index contributed by atoms with van der Waals surface area (Å²) in [5.74, 6) is 0.431. The fraction of sp³-hybridized carbons (Fsp3) is 0.706. The van der Waals surface area contributed by atoms with Crippen molar-refractivity contribution in [1.29, 1.82) is 0 Å². The van der Waals surface area contributed by atoms with Gasteiger partial charge in [-0.3, -0.25) is 4.79 Å². The number of hydrogen-bond acceptors (Lipinski definition) is 1. The van der Waals surface area contributed by atoms with Crippen molar-refractivity contribution in [2.45, 2.75) is 54.4 Å². The van der Waals surface area contributed by atoms with E-state index in [4.69, 9.17) is 0 Å². The van der Waals surface area contributed by atoms with Crippen molar-refractivity contribution in [3.63, 3.8) is 0 Å². The normalized spacial score (nSPS) is 40.3. The molecule has 0 N–H and O–H groups in total. The Morgan fingerprint density at radius 2 is 1.11 bits per heavy atom. The molecule has 2 rings (SSSR count). The second-order valence-corrected chi connectivity index (χ2v) is 7.65. The Labute approximate surface area is 111 Å². The van der Waals surface area contributed by atoms with Crippen molar-refractivity contribution in [2.75, 3.05) is 0 Å². The highest BCUT2D eigenvalue weighted by atomic mass is 16.1. The van der Waals surface area contributed by atoms with Gasteiger partial charge >= 0.3 is 0 Å². The zero-order chi connectivity index (χ0) is 13.8. The fourth-order valence-electron chi connectivity index (χ4n) is 3.45. The SMILES string of the molecule is CC1(C)C=CCC1(C)C(=O)C1(C)CC=CC1(C)C. The van der Waals surface area contributed by atoms with Crippen LogP contribution in [0.5, 0.6) is 0 Å². The molecule has 0 aliphatic heterocycles. The summed E-state index contributed by atoms with van der Waals surface area (Å²) < 4.78 is 0. The van der Waals surface area contributed by atoms with Crippen molar-refractivity contribution in [2.24, 2.45) is 21.7 Å². The van der Waals surface area contributed by atoms with Crippen LogP contribution >= 0.6 is 0 Å². The van der Waals surface area contributed by atoms with Gasteiger partial charge in [0.25, 0.3) is 0 Å². The van der Waals surface area contributed by atoms with Crippen LogP contribution in [0.2, 0.25) is 0 Å². The summed E-state index contributed by atoms with van der Waals surface area (Å²) in [7, 11) is 0. The van der Waals surface area contributed by atoms with E-state index < -0.39 is 0 Å². The van der Waals surface area contributed by atoms with Crippen LogP contribution in [-0.2, 0) is 4.79 Å². The van der Waals surface area contributed by atoms with Crippen molar-refractivity contribution in [3.05, 3.63) is 24.3 Å². The Morgan fingerprint density at radius 3 is 1.33 bits per heavy atom. The molecule has 0 saturated heterocycles. The van der Waals surface area contributed by atoms with Gasteiger partial charge in [-0.1, -0.05) is 65.8 Å². The maximum absolute atomic E-state index is 13.2. The van der Waals surface area contributed by atoms with E-state index in [1.165, 1.54) is 0 Å². The van der Waals surface area contributed by atoms with Gasteiger partial charge in [0.2, 0.25) is 0 Å². The first-order chi connectivity index (χ1) is 8.07. The summed E-state index contributed by atoms with van der Waals surface area (Å²) in [4.78, 5) is 13.2. The molecule has 0 aromatic carbocycles. The quantitative estimate of drug-likeness (QED) is 0.654. The molecule has 0 bridgehead atoms. The predicted molar refractivity (Wildman–Crippen MR) is 76.3 cm³/mol. The summed E-state index contributed by atoms with van der Waals surface area (Å²) in [6.45, 7) is 13.0. The third-order valence-electron chi connectivity index (χ3n) is 5.97. The highest BCUT2D eigenvalue weighted by Crippen LogP contribution is 2.58. The topological polar surface area (TPSA) is 17.1 Å². The van der Waals surface area contributed by atoms with Gasteiger partial charge in [-0.05, 0) is 23.7 Å². The van der Waals surface area contributed by atoms with Crippen molar-refractivity contribution < 1.29 is 4.79 Å². The fourth-order valence-corrected chi connectivity index (χ4v) is 3.45. The number of ketones is 1. The largest absolute Gasteiger partial charge is 0.298 e. The lowest BCUT2D eigenvalue weighted by Crippen LogP contribution is -2.50. The summed E-state index contributed by atoms with van der Waals surface area (Å²) in [6.07, 6.45) is 10.5. The molecule has 0 amide bonds. The maximum atomic E-state index is 13.2. The zero-order valence-electron chi connectivity index (χ0n) is 12.6. The molecule has 0 spiro atoms. The molecular formula is C17H26O. The third kappa shape index (κ3) is 1.49. The molecule has 2 aliphatic carbocycles. The molecule has 0 saturated carbocycles. The minimum Gasteiger partial charge on any atom is -0.298 e. The number of carbonyl (C=O) groups is 1. The second-order valence-electron chi connectivity index (χ2n) is 7.65. The van der Waals surface area contributed by atoms with Crippen molar-refractivity contribution >= 4 is 5.78 Å². The molecule has 0 aromatic heterocycles. The number of Topliss-reactive ketones (excluding diaryl/α,β-unsaturated/α-hetero) is 1. The van der Waals surface area contributed by atoms with E-state index in [0.717, 1.165) is 12.8 Å². The highest BCUT2D eigenvalue weighted by Gasteiger charge is 2.57. The Hall–Kier alpha value is -0.850. The van der Waals surface area contributed by atoms with Gasteiger partial charge in [-0.2, -0.15) is 0 Å². The average molecular weight is 246 g/mol. The van der Waals surface area contributed by atoms with Gasteiger partial charge in [-0.25, -0.2) is 0 Å². The van der Waals surface area contributed by atoms with Gasteiger partial charge in [0, 0.05) is 10.8 Å². The first kappa shape index (κ1) is 13.6. The minimum atomic E-state index is -0.259. The molecule has 0 radical (unpaired) electrons. The summed E-state index contributed by atoms with van der Waals surface area (Å²) in [5, 5.41) is 0. The van der Waals surface area contributed by atoms with Gasteiger partial charge < -0.3 is 0 Å². The Balaban J connectivity index is 2.40. The third-order valence-corrected chi connectivity index (χ3v) is 5.97. The van der Waals surface area contributed by atoms with E-state index in [0.29, 0.717) is 5.78 Å². The van der Waals surface area contributed by atoms with E-state index in [9.17, 15) is 4.79 Å². The van der Waals surface area contributed by atoms with Crippen LogP contribution in [0.15, 0.2) is 24.3 Å². The standard InChI is InChI=1S/C17H26O/c1-14(2)9-7-11-16(14,5)13(18)17(6)12-8-10-15(17,3)4/h7-10H,11-12H2,1-6H3. The van der Waals surface area contributed by atoms with Crippen LogP contribution in [0.3, 0.4) is 0 Å². The molecule has 2 aliphatic rings. The number of rotatable bonds is 2. The lowest BCUT2D eigenvalue weighted by atomic mass is 9.55. The smallest absolute Gasteiger partial charge is 0.146 e.